The van der Waals surface area contributed by atoms with Crippen LogP contribution in [0.4, 0.5) is 4.79 Å². The van der Waals surface area contributed by atoms with Gasteiger partial charge in [0.15, 0.2) is 11.5 Å². The van der Waals surface area contributed by atoms with E-state index in [1.165, 1.54) is 19.2 Å². The zero-order chi connectivity index (χ0) is 26.5. The van der Waals surface area contributed by atoms with Gasteiger partial charge in [0.05, 0.1) is 23.8 Å². The molecule has 9 nitrogen and oxygen atoms in total. The van der Waals surface area contributed by atoms with Crippen LogP contribution < -0.4 is 14.8 Å². The molecule has 0 bridgehead atoms. The Labute approximate surface area is 227 Å². The van der Waals surface area contributed by atoms with Crippen LogP contribution in [0.25, 0.3) is 6.08 Å². The number of ether oxygens (including phenoxy) is 3. The van der Waals surface area contributed by atoms with Crippen LogP contribution in [0, 0.1) is 10.5 Å². The van der Waals surface area contributed by atoms with Crippen LogP contribution in [0.3, 0.4) is 0 Å². The van der Waals surface area contributed by atoms with Crippen LogP contribution in [0.1, 0.15) is 39.9 Å². The number of nitrogens with one attached hydrogen (secondary N) is 1. The molecule has 4 rings (SSSR count). The fraction of sp³-hybridized carbons (Fsp3) is 0.222. The number of amides is 3. The van der Waals surface area contributed by atoms with E-state index >= 15 is 0 Å². The molecule has 0 aliphatic carbocycles. The SMILES string of the molecule is CCOc1cc(/C=C2\NC(=O)N(Cc3ccc(C(=O)OC)o3)C2=O)cc(I)c1OCc1cccc(C)c1. The lowest BCUT2D eigenvalue weighted by Crippen LogP contribution is -2.30. The fourth-order valence-electron chi connectivity index (χ4n) is 3.74. The molecule has 0 atom stereocenters. The second kappa shape index (κ2) is 11.5. The summed E-state index contributed by atoms with van der Waals surface area (Å²) in [6.45, 7) is 4.58. The molecule has 0 radical (unpaired) electrons. The van der Waals surface area contributed by atoms with Gasteiger partial charge in [-0.05, 0) is 77.9 Å². The number of hydrogen-bond donors (Lipinski definition) is 1. The third-order valence-corrected chi connectivity index (χ3v) is 6.23. The first-order valence-corrected chi connectivity index (χ1v) is 12.5. The minimum atomic E-state index is -0.643. The number of imide groups is 1. The highest BCUT2D eigenvalue weighted by Crippen LogP contribution is 2.36. The summed E-state index contributed by atoms with van der Waals surface area (Å²) >= 11 is 2.16. The third kappa shape index (κ3) is 6.13. The number of aryl methyl sites for hydroxylation is 1. The summed E-state index contributed by atoms with van der Waals surface area (Å²) in [6, 6.07) is 14.0. The van der Waals surface area contributed by atoms with Gasteiger partial charge in [-0.3, -0.25) is 9.69 Å². The number of furan rings is 1. The molecule has 1 aliphatic rings. The number of hydrogen-bond acceptors (Lipinski definition) is 7. The van der Waals surface area contributed by atoms with Crippen LogP contribution in [0.15, 0.2) is 58.6 Å². The molecule has 0 spiro atoms. The Balaban J connectivity index is 1.53. The van der Waals surface area contributed by atoms with Crippen LogP contribution >= 0.6 is 22.6 Å². The van der Waals surface area contributed by atoms with Crippen molar-refractivity contribution < 1.29 is 33.0 Å². The van der Waals surface area contributed by atoms with Crippen molar-refractivity contribution in [2.45, 2.75) is 27.0 Å². The zero-order valence-electron chi connectivity index (χ0n) is 20.5. The molecular formula is C27H25IN2O7. The molecular weight excluding hydrogens is 591 g/mol. The molecule has 1 N–H and O–H groups in total. The van der Waals surface area contributed by atoms with Gasteiger partial charge in [0.25, 0.3) is 5.91 Å². The van der Waals surface area contributed by atoms with Crippen LogP contribution in [0.2, 0.25) is 0 Å². The number of benzene rings is 2. The Hall–Kier alpha value is -3.80. The minimum Gasteiger partial charge on any atom is -0.490 e. The van der Waals surface area contributed by atoms with Gasteiger partial charge in [-0.15, -0.1) is 0 Å². The zero-order valence-corrected chi connectivity index (χ0v) is 22.7. The van der Waals surface area contributed by atoms with Crippen molar-refractivity contribution >= 4 is 46.6 Å². The number of rotatable bonds is 9. The van der Waals surface area contributed by atoms with E-state index in [1.807, 2.05) is 38.1 Å². The van der Waals surface area contributed by atoms with E-state index in [0.717, 1.165) is 19.6 Å². The highest BCUT2D eigenvalue weighted by atomic mass is 127. The number of carbonyl (C=O) groups is 3. The molecule has 2 heterocycles. The van der Waals surface area contributed by atoms with E-state index in [0.29, 0.717) is 30.3 Å². The Kier molecular flexibility index (Phi) is 8.17. The topological polar surface area (TPSA) is 107 Å². The highest BCUT2D eigenvalue weighted by Gasteiger charge is 2.34. The number of halogens is 1. The summed E-state index contributed by atoms with van der Waals surface area (Å²) < 4.78 is 22.7. The van der Waals surface area contributed by atoms with Gasteiger partial charge in [-0.2, -0.15) is 0 Å². The maximum atomic E-state index is 13.0. The van der Waals surface area contributed by atoms with Gasteiger partial charge in [0.2, 0.25) is 5.76 Å². The van der Waals surface area contributed by atoms with E-state index in [2.05, 4.69) is 38.7 Å². The highest BCUT2D eigenvalue weighted by molar-refractivity contribution is 14.1. The maximum absolute atomic E-state index is 13.0. The predicted octanol–water partition coefficient (Wildman–Crippen LogP) is 5.05. The Morgan fingerprint density at radius 1 is 1.14 bits per heavy atom. The molecule has 3 aromatic rings. The molecule has 37 heavy (non-hydrogen) atoms. The van der Waals surface area contributed by atoms with Crippen molar-refractivity contribution in [3.05, 3.63) is 86.0 Å². The number of methoxy groups -OCH3 is 1. The summed E-state index contributed by atoms with van der Waals surface area (Å²) in [5.41, 5.74) is 2.96. The summed E-state index contributed by atoms with van der Waals surface area (Å²) in [6.07, 6.45) is 1.58. The van der Waals surface area contributed by atoms with E-state index in [4.69, 9.17) is 13.9 Å². The molecule has 1 aromatic heterocycles. The fourth-order valence-corrected chi connectivity index (χ4v) is 4.52. The van der Waals surface area contributed by atoms with Crippen molar-refractivity contribution in [1.29, 1.82) is 0 Å². The monoisotopic (exact) mass is 616 g/mol. The van der Waals surface area contributed by atoms with Crippen LogP contribution in [-0.4, -0.2) is 36.5 Å². The van der Waals surface area contributed by atoms with E-state index in [-0.39, 0.29) is 23.8 Å². The Morgan fingerprint density at radius 3 is 2.68 bits per heavy atom. The van der Waals surface area contributed by atoms with Gasteiger partial charge < -0.3 is 23.9 Å². The van der Waals surface area contributed by atoms with Gasteiger partial charge in [0, 0.05) is 0 Å². The van der Waals surface area contributed by atoms with Crippen molar-refractivity contribution in [2.24, 2.45) is 0 Å². The molecule has 0 unspecified atom stereocenters. The van der Waals surface area contributed by atoms with Gasteiger partial charge in [-0.1, -0.05) is 29.8 Å². The minimum absolute atomic E-state index is 0.0111. The number of urea groups is 1. The first-order chi connectivity index (χ1) is 17.8. The van der Waals surface area contributed by atoms with Crippen LogP contribution in [-0.2, 0) is 22.7 Å². The second-order valence-electron chi connectivity index (χ2n) is 8.18. The molecule has 1 saturated heterocycles. The summed E-state index contributed by atoms with van der Waals surface area (Å²) in [5, 5.41) is 2.59. The van der Waals surface area contributed by atoms with Crippen molar-refractivity contribution in [1.82, 2.24) is 10.2 Å². The Morgan fingerprint density at radius 2 is 1.95 bits per heavy atom. The lowest BCUT2D eigenvalue weighted by atomic mass is 10.1. The quantitative estimate of drug-likeness (QED) is 0.155. The van der Waals surface area contributed by atoms with E-state index in [1.54, 1.807) is 12.1 Å². The van der Waals surface area contributed by atoms with Crippen molar-refractivity contribution in [3.63, 3.8) is 0 Å². The average Bonchev–Trinajstić information content (AvgIpc) is 3.44. The van der Waals surface area contributed by atoms with Crippen molar-refractivity contribution in [3.8, 4) is 11.5 Å². The summed E-state index contributed by atoms with van der Waals surface area (Å²) in [5.74, 6) is 0.238. The third-order valence-electron chi connectivity index (χ3n) is 5.43. The number of nitrogens with zero attached hydrogens (tertiary/aromatic N) is 1. The molecule has 0 saturated carbocycles. The first-order valence-electron chi connectivity index (χ1n) is 11.4. The lowest BCUT2D eigenvalue weighted by Gasteiger charge is -2.15. The summed E-state index contributed by atoms with van der Waals surface area (Å²) in [7, 11) is 1.24. The molecule has 1 fully saturated rings. The maximum Gasteiger partial charge on any atom is 0.373 e. The predicted molar refractivity (Wildman–Crippen MR) is 143 cm³/mol. The van der Waals surface area contributed by atoms with Gasteiger partial charge in [-0.25, -0.2) is 9.59 Å². The first kappa shape index (κ1) is 26.3. The smallest absolute Gasteiger partial charge is 0.373 e. The molecule has 1 aliphatic heterocycles. The van der Waals surface area contributed by atoms with Gasteiger partial charge in [0.1, 0.15) is 18.1 Å². The summed E-state index contributed by atoms with van der Waals surface area (Å²) in [4.78, 5) is 38.0. The Bertz CT molecular complexity index is 1380. The van der Waals surface area contributed by atoms with Crippen LogP contribution in [0.5, 0.6) is 11.5 Å². The normalized spacial score (nSPS) is 14.2. The van der Waals surface area contributed by atoms with E-state index < -0.39 is 17.9 Å². The van der Waals surface area contributed by atoms with Crippen molar-refractivity contribution in [2.75, 3.05) is 13.7 Å². The molecule has 192 valence electrons. The molecule has 10 heteroatoms. The number of carbonyl (C=O) groups excluding carboxylic acids is 3. The van der Waals surface area contributed by atoms with E-state index in [9.17, 15) is 14.4 Å². The second-order valence-corrected chi connectivity index (χ2v) is 9.34. The number of esters is 1. The van der Waals surface area contributed by atoms with Gasteiger partial charge >= 0.3 is 12.0 Å². The largest absolute Gasteiger partial charge is 0.490 e. The molecule has 2 aromatic carbocycles. The molecule has 3 amide bonds. The average molecular weight is 616 g/mol. The lowest BCUT2D eigenvalue weighted by molar-refractivity contribution is -0.123. The standard InChI is InChI=1S/C27H25IN2O7/c1-4-35-23-13-18(11-20(28)24(23)36-15-17-7-5-6-16(2)10-17)12-21-25(31)30(27(33)29-21)14-19-8-9-22(37-19)26(32)34-3/h5-13H,4,14-15H2,1-3H3,(H,29,33)/b21-12-.